The van der Waals surface area contributed by atoms with E-state index in [4.69, 9.17) is 33.6 Å². The molecule has 0 amide bonds. The van der Waals surface area contributed by atoms with Crippen LogP contribution in [-0.4, -0.2) is 78.5 Å². The van der Waals surface area contributed by atoms with Crippen molar-refractivity contribution < 1.29 is 33.2 Å². The van der Waals surface area contributed by atoms with E-state index in [0.29, 0.717) is 0 Å². The van der Waals surface area contributed by atoms with Crippen LogP contribution < -0.4 is 0 Å². The molecule has 1 fully saturated rings. The third-order valence-corrected chi connectivity index (χ3v) is 9.39. The molecule has 0 unspecified atom stereocenters. The van der Waals surface area contributed by atoms with Gasteiger partial charge in [0, 0.05) is 19.1 Å². The van der Waals surface area contributed by atoms with Crippen LogP contribution in [0.3, 0.4) is 0 Å². The fourth-order valence-corrected chi connectivity index (χ4v) is 3.60. The van der Waals surface area contributed by atoms with Gasteiger partial charge in [0.15, 0.2) is 14.6 Å². The van der Waals surface area contributed by atoms with Gasteiger partial charge in [0.1, 0.15) is 37.9 Å². The highest BCUT2D eigenvalue weighted by Crippen LogP contribution is 2.40. The molecular formula is C16H33N3O7Si. The van der Waals surface area contributed by atoms with E-state index in [1.165, 1.54) is 14.2 Å². The van der Waals surface area contributed by atoms with Crippen molar-refractivity contribution in [2.45, 2.75) is 69.5 Å². The third-order valence-electron chi connectivity index (χ3n) is 4.95. The highest BCUT2D eigenvalue weighted by atomic mass is 28.4. The van der Waals surface area contributed by atoms with E-state index in [1.807, 2.05) is 0 Å². The number of aliphatic hydroxyl groups excluding tert-OH is 1. The molecule has 0 saturated carbocycles. The van der Waals surface area contributed by atoms with E-state index < -0.39 is 39.0 Å². The Hall–Kier alpha value is -0.753. The van der Waals surface area contributed by atoms with Crippen LogP contribution in [0.1, 0.15) is 20.8 Å². The van der Waals surface area contributed by atoms with E-state index in [9.17, 15) is 5.11 Å². The predicted octanol–water partition coefficient (Wildman–Crippen LogP) is 2.38. The van der Waals surface area contributed by atoms with Gasteiger partial charge >= 0.3 is 0 Å². The lowest BCUT2D eigenvalue weighted by molar-refractivity contribution is -0.281. The van der Waals surface area contributed by atoms with Crippen molar-refractivity contribution in [1.29, 1.82) is 0 Å². The third kappa shape index (κ3) is 6.38. The van der Waals surface area contributed by atoms with Crippen LogP contribution in [0, 0.1) is 0 Å². The molecular weight excluding hydrogens is 374 g/mol. The molecule has 1 N–H and O–H groups in total. The summed E-state index contributed by atoms with van der Waals surface area (Å²) in [5.41, 5.74) is 9.08. The Morgan fingerprint density at radius 3 is 2.11 bits per heavy atom. The SMILES string of the molecule is COCO[C@@H]1[C@@H](OCOC)[C@@H](N=[N+]=[N-])[C@H](O[Si](C)(C)C(C)(C)C)O[C@H]1CO. The number of methoxy groups -OCH3 is 2. The van der Waals surface area contributed by atoms with Crippen molar-refractivity contribution in [1.82, 2.24) is 0 Å². The molecule has 0 aromatic heterocycles. The molecule has 1 saturated heterocycles. The maximum Gasteiger partial charge on any atom is 0.195 e. The standard InChI is InChI=1S/C16H33N3O7Si/c1-16(2,3)27(6,7)26-15-12(18-19-17)14(24-10-22-5)13(23-9-21-4)11(8-20)25-15/h11-15,20H,8-10H2,1-7H3/t11-,12+,13-,14-,15-/m0/s1. The van der Waals surface area contributed by atoms with Crippen molar-refractivity contribution in [3.8, 4) is 0 Å². The van der Waals surface area contributed by atoms with Gasteiger partial charge in [-0.25, -0.2) is 0 Å². The summed E-state index contributed by atoms with van der Waals surface area (Å²) in [7, 11) is 0.713. The topological polar surface area (TPSA) is 124 Å². The summed E-state index contributed by atoms with van der Waals surface area (Å²) in [4.78, 5) is 2.94. The number of aliphatic hydroxyl groups is 1. The molecule has 1 rings (SSSR count). The molecule has 11 heteroatoms. The van der Waals surface area contributed by atoms with Gasteiger partial charge in [0.05, 0.1) is 6.61 Å². The van der Waals surface area contributed by atoms with E-state index >= 15 is 0 Å². The van der Waals surface area contributed by atoms with Crippen molar-refractivity contribution in [2.24, 2.45) is 5.11 Å². The van der Waals surface area contributed by atoms with Crippen LogP contribution in [0.5, 0.6) is 0 Å². The first kappa shape index (κ1) is 24.3. The monoisotopic (exact) mass is 407 g/mol. The number of hydrogen-bond acceptors (Lipinski definition) is 8. The lowest BCUT2D eigenvalue weighted by Gasteiger charge is -2.47. The molecule has 0 radical (unpaired) electrons. The average molecular weight is 408 g/mol. The lowest BCUT2D eigenvalue weighted by atomic mass is 9.97. The Bertz CT molecular complexity index is 497. The molecule has 0 aliphatic carbocycles. The maximum atomic E-state index is 9.82. The van der Waals surface area contributed by atoms with Gasteiger partial charge in [0.2, 0.25) is 0 Å². The minimum atomic E-state index is -2.26. The average Bonchev–Trinajstić information content (AvgIpc) is 2.59. The lowest BCUT2D eigenvalue weighted by Crippen LogP contribution is -2.62. The van der Waals surface area contributed by atoms with Crippen molar-refractivity contribution in [3.63, 3.8) is 0 Å². The van der Waals surface area contributed by atoms with E-state index in [0.717, 1.165) is 0 Å². The molecule has 5 atom stereocenters. The zero-order valence-corrected chi connectivity index (χ0v) is 18.2. The van der Waals surface area contributed by atoms with Gasteiger partial charge in [-0.3, -0.25) is 0 Å². The first-order chi connectivity index (χ1) is 12.6. The van der Waals surface area contributed by atoms with Crippen molar-refractivity contribution >= 4 is 8.32 Å². The van der Waals surface area contributed by atoms with Gasteiger partial charge in [-0.15, -0.1) is 0 Å². The summed E-state index contributed by atoms with van der Waals surface area (Å²) in [6, 6.07) is -0.816. The van der Waals surface area contributed by atoms with Crippen molar-refractivity contribution in [2.75, 3.05) is 34.4 Å². The molecule has 1 aliphatic heterocycles. The largest absolute Gasteiger partial charge is 0.394 e. The Kier molecular flexibility index (Phi) is 9.62. The number of azide groups is 1. The summed E-state index contributed by atoms with van der Waals surface area (Å²) < 4.78 is 33.7. The Labute approximate surface area is 161 Å². The fraction of sp³-hybridized carbons (Fsp3) is 1.00. The smallest absolute Gasteiger partial charge is 0.195 e. The molecule has 0 aromatic carbocycles. The number of rotatable bonds is 10. The zero-order chi connectivity index (χ0) is 20.7. The molecule has 158 valence electrons. The predicted molar refractivity (Wildman–Crippen MR) is 100 cm³/mol. The summed E-state index contributed by atoms with van der Waals surface area (Å²) in [6.45, 7) is 10.0. The van der Waals surface area contributed by atoms with Gasteiger partial charge in [0.25, 0.3) is 0 Å². The van der Waals surface area contributed by atoms with Crippen LogP contribution in [-0.2, 0) is 28.1 Å². The Morgan fingerprint density at radius 1 is 1.11 bits per heavy atom. The van der Waals surface area contributed by atoms with Gasteiger partial charge < -0.3 is 33.2 Å². The van der Waals surface area contributed by atoms with Crippen LogP contribution >= 0.6 is 0 Å². The van der Waals surface area contributed by atoms with E-state index in [2.05, 4.69) is 43.9 Å². The summed E-state index contributed by atoms with van der Waals surface area (Å²) in [6.07, 6.45) is -3.07. The number of hydrogen-bond donors (Lipinski definition) is 1. The van der Waals surface area contributed by atoms with Crippen LogP contribution in [0.25, 0.3) is 10.4 Å². The Morgan fingerprint density at radius 2 is 1.67 bits per heavy atom. The van der Waals surface area contributed by atoms with E-state index in [1.54, 1.807) is 0 Å². The van der Waals surface area contributed by atoms with Crippen LogP contribution in [0.4, 0.5) is 0 Å². The van der Waals surface area contributed by atoms with Crippen LogP contribution in [0.2, 0.25) is 18.1 Å². The quantitative estimate of drug-likeness (QED) is 0.194. The van der Waals surface area contributed by atoms with Gasteiger partial charge in [-0.2, -0.15) is 0 Å². The van der Waals surface area contributed by atoms with Crippen molar-refractivity contribution in [3.05, 3.63) is 10.4 Å². The second-order valence-corrected chi connectivity index (χ2v) is 12.6. The van der Waals surface area contributed by atoms with E-state index in [-0.39, 0.29) is 25.2 Å². The first-order valence-corrected chi connectivity index (χ1v) is 11.7. The molecule has 1 heterocycles. The van der Waals surface area contributed by atoms with Gasteiger partial charge in [-0.05, 0) is 23.7 Å². The molecule has 10 nitrogen and oxygen atoms in total. The molecule has 0 aromatic rings. The molecule has 0 spiro atoms. The normalized spacial score (nSPS) is 29.4. The summed E-state index contributed by atoms with van der Waals surface area (Å²) in [5.74, 6) is 0. The second-order valence-electron chi connectivity index (χ2n) is 7.87. The number of nitrogens with zero attached hydrogens (tertiary/aromatic N) is 3. The Balaban J connectivity index is 3.21. The maximum absolute atomic E-state index is 9.82. The molecule has 27 heavy (non-hydrogen) atoms. The fourth-order valence-electron chi connectivity index (χ4n) is 2.47. The molecule has 0 bridgehead atoms. The summed E-state index contributed by atoms with van der Waals surface area (Å²) in [5, 5.41) is 13.6. The summed E-state index contributed by atoms with van der Waals surface area (Å²) >= 11 is 0. The zero-order valence-electron chi connectivity index (χ0n) is 17.2. The van der Waals surface area contributed by atoms with Gasteiger partial charge in [-0.1, -0.05) is 25.9 Å². The first-order valence-electron chi connectivity index (χ1n) is 8.82. The highest BCUT2D eigenvalue weighted by molar-refractivity contribution is 6.74. The molecule has 1 aliphatic rings. The second kappa shape index (κ2) is 10.7. The minimum Gasteiger partial charge on any atom is -0.394 e. The minimum absolute atomic E-state index is 0.0336. The van der Waals surface area contributed by atoms with Crippen LogP contribution in [0.15, 0.2) is 5.11 Å². The number of ether oxygens (including phenoxy) is 5. The highest BCUT2D eigenvalue weighted by Gasteiger charge is 2.50.